The Morgan fingerprint density at radius 3 is 2.19 bits per heavy atom. The zero-order valence-corrected chi connectivity index (χ0v) is 19.4. The summed E-state index contributed by atoms with van der Waals surface area (Å²) >= 11 is 5.88. The van der Waals surface area contributed by atoms with Gasteiger partial charge in [0, 0.05) is 43.4 Å². The highest BCUT2D eigenvalue weighted by Crippen LogP contribution is 2.22. The van der Waals surface area contributed by atoms with Crippen molar-refractivity contribution >= 4 is 33.2 Å². The van der Waals surface area contributed by atoms with Crippen LogP contribution in [-0.4, -0.2) is 69.9 Å². The van der Waals surface area contributed by atoms with E-state index in [2.05, 4.69) is 4.90 Å². The van der Waals surface area contributed by atoms with Crippen LogP contribution in [0.4, 0.5) is 5.69 Å². The molecule has 7 nitrogen and oxygen atoms in total. The molecule has 2 aromatic rings. The quantitative estimate of drug-likeness (QED) is 0.599. The molecule has 2 aromatic carbocycles. The van der Waals surface area contributed by atoms with Gasteiger partial charge in [0.25, 0.3) is 0 Å². The SMILES string of the molecule is CCCN(CC(=O)N1CCN(c2ccc(OC)cc2)CC1)S(=O)(=O)c1ccc(Cl)cc1. The number of carbonyl (C=O) groups is 1. The molecule has 1 saturated heterocycles. The normalized spacial score (nSPS) is 14.7. The van der Waals surface area contributed by atoms with Crippen LogP contribution in [0.25, 0.3) is 0 Å². The molecule has 0 saturated carbocycles. The largest absolute Gasteiger partial charge is 0.497 e. The monoisotopic (exact) mass is 465 g/mol. The van der Waals surface area contributed by atoms with Gasteiger partial charge < -0.3 is 14.5 Å². The van der Waals surface area contributed by atoms with Crippen molar-refractivity contribution in [1.82, 2.24) is 9.21 Å². The fraction of sp³-hybridized carbons (Fsp3) is 0.409. The summed E-state index contributed by atoms with van der Waals surface area (Å²) in [5.74, 6) is 0.621. The highest BCUT2D eigenvalue weighted by molar-refractivity contribution is 7.89. The fourth-order valence-electron chi connectivity index (χ4n) is 3.55. The lowest BCUT2D eigenvalue weighted by Gasteiger charge is -2.37. The van der Waals surface area contributed by atoms with Gasteiger partial charge in [-0.1, -0.05) is 18.5 Å². The third-order valence-electron chi connectivity index (χ3n) is 5.31. The number of ether oxygens (including phenoxy) is 1. The Balaban J connectivity index is 1.63. The zero-order chi connectivity index (χ0) is 22.4. The number of amides is 1. The predicted octanol–water partition coefficient (Wildman–Crippen LogP) is 3.10. The van der Waals surface area contributed by atoms with Gasteiger partial charge >= 0.3 is 0 Å². The molecule has 0 N–H and O–H groups in total. The van der Waals surface area contributed by atoms with Crippen molar-refractivity contribution in [2.24, 2.45) is 0 Å². The van der Waals surface area contributed by atoms with Crippen LogP contribution in [0.3, 0.4) is 0 Å². The van der Waals surface area contributed by atoms with Crippen LogP contribution in [0.15, 0.2) is 53.4 Å². The topological polar surface area (TPSA) is 70.2 Å². The van der Waals surface area contributed by atoms with E-state index in [0.717, 1.165) is 11.4 Å². The average molecular weight is 466 g/mol. The van der Waals surface area contributed by atoms with Gasteiger partial charge in [-0.3, -0.25) is 4.79 Å². The third-order valence-corrected chi connectivity index (χ3v) is 7.42. The Morgan fingerprint density at radius 1 is 1.03 bits per heavy atom. The minimum Gasteiger partial charge on any atom is -0.497 e. The third kappa shape index (κ3) is 5.70. The number of benzene rings is 2. The van der Waals surface area contributed by atoms with Crippen molar-refractivity contribution in [1.29, 1.82) is 0 Å². The van der Waals surface area contributed by atoms with Crippen molar-refractivity contribution in [3.63, 3.8) is 0 Å². The van der Waals surface area contributed by atoms with Crippen LogP contribution in [0.5, 0.6) is 5.75 Å². The molecule has 168 valence electrons. The number of halogens is 1. The van der Waals surface area contributed by atoms with Crippen LogP contribution < -0.4 is 9.64 Å². The van der Waals surface area contributed by atoms with Gasteiger partial charge in [0.15, 0.2) is 0 Å². The van der Waals surface area contributed by atoms with Gasteiger partial charge in [0.1, 0.15) is 5.75 Å². The Hall–Kier alpha value is -2.29. The summed E-state index contributed by atoms with van der Waals surface area (Å²) in [6, 6.07) is 13.8. The average Bonchev–Trinajstić information content (AvgIpc) is 2.79. The van der Waals surface area contributed by atoms with Gasteiger partial charge in [-0.05, 0) is 55.0 Å². The molecule has 0 aliphatic carbocycles. The number of piperazine rings is 1. The summed E-state index contributed by atoms with van der Waals surface area (Å²) < 4.78 is 32.5. The highest BCUT2D eigenvalue weighted by atomic mass is 35.5. The number of nitrogens with zero attached hydrogens (tertiary/aromatic N) is 3. The lowest BCUT2D eigenvalue weighted by Crippen LogP contribution is -2.52. The first kappa shape index (κ1) is 23.4. The molecule has 1 aliphatic rings. The minimum absolute atomic E-state index is 0.141. The maximum absolute atomic E-state index is 13.0. The Morgan fingerprint density at radius 2 is 1.65 bits per heavy atom. The van der Waals surface area contributed by atoms with Crippen molar-refractivity contribution in [2.75, 3.05) is 51.3 Å². The number of sulfonamides is 1. The molecule has 0 spiro atoms. The Kier molecular flexibility index (Phi) is 7.80. The van der Waals surface area contributed by atoms with Gasteiger partial charge in [0.05, 0.1) is 18.6 Å². The van der Waals surface area contributed by atoms with Crippen molar-refractivity contribution in [3.8, 4) is 5.75 Å². The van der Waals surface area contributed by atoms with E-state index < -0.39 is 10.0 Å². The summed E-state index contributed by atoms with van der Waals surface area (Å²) in [7, 11) is -2.14. The molecule has 0 unspecified atom stereocenters. The molecule has 0 atom stereocenters. The second-order valence-electron chi connectivity index (χ2n) is 7.36. The number of hydrogen-bond acceptors (Lipinski definition) is 5. The number of anilines is 1. The van der Waals surface area contributed by atoms with E-state index >= 15 is 0 Å². The lowest BCUT2D eigenvalue weighted by molar-refractivity contribution is -0.131. The van der Waals surface area contributed by atoms with Crippen LogP contribution >= 0.6 is 11.6 Å². The number of carbonyl (C=O) groups excluding carboxylic acids is 1. The molecule has 31 heavy (non-hydrogen) atoms. The van der Waals surface area contributed by atoms with Crippen LogP contribution in [0, 0.1) is 0 Å². The summed E-state index contributed by atoms with van der Waals surface area (Å²) in [4.78, 5) is 17.0. The van der Waals surface area contributed by atoms with E-state index in [-0.39, 0.29) is 23.9 Å². The molecule has 0 aromatic heterocycles. The number of hydrogen-bond donors (Lipinski definition) is 0. The Labute approximate surface area is 189 Å². The zero-order valence-electron chi connectivity index (χ0n) is 17.8. The molecule has 9 heteroatoms. The van der Waals surface area contributed by atoms with E-state index in [1.807, 2.05) is 31.2 Å². The first-order chi connectivity index (χ1) is 14.8. The molecule has 3 rings (SSSR count). The van der Waals surface area contributed by atoms with Crippen molar-refractivity contribution < 1.29 is 17.9 Å². The Bertz CT molecular complexity index is 973. The van der Waals surface area contributed by atoms with Gasteiger partial charge in [-0.2, -0.15) is 4.31 Å². The first-order valence-corrected chi connectivity index (χ1v) is 12.1. The van der Waals surface area contributed by atoms with E-state index in [1.54, 1.807) is 24.1 Å². The molecule has 0 radical (unpaired) electrons. The van der Waals surface area contributed by atoms with Gasteiger partial charge in [0.2, 0.25) is 15.9 Å². The molecule has 1 fully saturated rings. The molecular weight excluding hydrogens is 438 g/mol. The van der Waals surface area contributed by atoms with Crippen LogP contribution in [0.2, 0.25) is 5.02 Å². The standard InChI is InChI=1S/C22H28ClN3O4S/c1-3-12-26(31(28,29)21-10-4-18(23)5-11-21)17-22(27)25-15-13-24(14-16-25)19-6-8-20(30-2)9-7-19/h4-11H,3,12-17H2,1-2H3. The maximum atomic E-state index is 13.0. The molecular formula is C22H28ClN3O4S. The van der Waals surface area contributed by atoms with Gasteiger partial charge in [-0.15, -0.1) is 0 Å². The molecule has 1 heterocycles. The fourth-order valence-corrected chi connectivity index (χ4v) is 5.15. The van der Waals surface area contributed by atoms with E-state index in [0.29, 0.717) is 37.6 Å². The summed E-state index contributed by atoms with van der Waals surface area (Å²) in [6.07, 6.45) is 0.616. The second kappa shape index (κ2) is 10.3. The highest BCUT2D eigenvalue weighted by Gasteiger charge is 2.29. The van der Waals surface area contributed by atoms with Crippen molar-refractivity contribution in [3.05, 3.63) is 53.6 Å². The minimum atomic E-state index is -3.77. The summed E-state index contributed by atoms with van der Waals surface area (Å²) in [6.45, 7) is 4.48. The van der Waals surface area contributed by atoms with E-state index in [9.17, 15) is 13.2 Å². The first-order valence-electron chi connectivity index (χ1n) is 10.3. The molecule has 0 bridgehead atoms. The lowest BCUT2D eigenvalue weighted by atomic mass is 10.2. The summed E-state index contributed by atoms with van der Waals surface area (Å²) in [5, 5.41) is 0.465. The maximum Gasteiger partial charge on any atom is 0.243 e. The van der Waals surface area contributed by atoms with E-state index in [4.69, 9.17) is 16.3 Å². The van der Waals surface area contributed by atoms with Crippen molar-refractivity contribution in [2.45, 2.75) is 18.2 Å². The molecule has 1 aliphatic heterocycles. The molecule has 1 amide bonds. The van der Waals surface area contributed by atoms with Crippen LogP contribution in [0.1, 0.15) is 13.3 Å². The number of methoxy groups -OCH3 is 1. The van der Waals surface area contributed by atoms with Crippen LogP contribution in [-0.2, 0) is 14.8 Å². The second-order valence-corrected chi connectivity index (χ2v) is 9.73. The summed E-state index contributed by atoms with van der Waals surface area (Å²) in [5.41, 5.74) is 1.07. The van der Waals surface area contributed by atoms with Gasteiger partial charge in [-0.25, -0.2) is 8.42 Å². The smallest absolute Gasteiger partial charge is 0.243 e. The number of rotatable bonds is 8. The predicted molar refractivity (Wildman–Crippen MR) is 122 cm³/mol. The van der Waals surface area contributed by atoms with E-state index in [1.165, 1.54) is 16.4 Å².